The molecule has 0 heterocycles. The van der Waals surface area contributed by atoms with Crippen LogP contribution in [0, 0.1) is 29.6 Å². The summed E-state index contributed by atoms with van der Waals surface area (Å²) in [6.45, 7) is 1.90. The maximum absolute atomic E-state index is 12.1. The van der Waals surface area contributed by atoms with Crippen LogP contribution in [-0.2, 0) is 0 Å². The van der Waals surface area contributed by atoms with Gasteiger partial charge in [-0.15, -0.1) is 0 Å². The number of nitriles is 2. The molecule has 0 radical (unpaired) electrons. The molecule has 0 saturated heterocycles. The molecule has 0 fully saturated rings. The van der Waals surface area contributed by atoms with Crippen molar-refractivity contribution in [2.24, 2.45) is 0 Å². The number of carbonyl (C=O) groups excluding carboxylic acids is 1. The van der Waals surface area contributed by atoms with Gasteiger partial charge < -0.3 is 4.74 Å². The third-order valence-corrected chi connectivity index (χ3v) is 2.87. The van der Waals surface area contributed by atoms with Crippen molar-refractivity contribution in [1.82, 2.24) is 0 Å². The van der Waals surface area contributed by atoms with E-state index in [0.717, 1.165) is 5.56 Å². The van der Waals surface area contributed by atoms with Crippen LogP contribution in [0.25, 0.3) is 6.08 Å². The average molecular weight is 288 g/mol. The number of hydrogen-bond acceptors (Lipinski definition) is 4. The Morgan fingerprint density at radius 3 is 2.50 bits per heavy atom. The second-order valence-electron chi connectivity index (χ2n) is 4.61. The molecule has 106 valence electrons. The van der Waals surface area contributed by atoms with Gasteiger partial charge in [-0.05, 0) is 42.8 Å². The van der Waals surface area contributed by atoms with Crippen molar-refractivity contribution in [3.8, 4) is 17.9 Å². The van der Waals surface area contributed by atoms with E-state index in [0.29, 0.717) is 16.9 Å². The first kappa shape index (κ1) is 15.0. The predicted molar refractivity (Wildman–Crippen MR) is 81.8 cm³/mol. The molecular formula is C18H12N2O2. The van der Waals surface area contributed by atoms with E-state index in [1.54, 1.807) is 54.6 Å². The predicted octanol–water partition coefficient (Wildman–Crippen LogP) is 3.64. The highest BCUT2D eigenvalue weighted by molar-refractivity contribution is 5.91. The Kier molecular flexibility index (Phi) is 4.70. The van der Waals surface area contributed by atoms with Gasteiger partial charge in [-0.2, -0.15) is 10.5 Å². The lowest BCUT2D eigenvalue weighted by Crippen LogP contribution is -2.08. The Hall–Kier alpha value is -3.37. The highest BCUT2D eigenvalue weighted by Gasteiger charge is 2.08. The molecule has 0 aliphatic rings. The summed E-state index contributed by atoms with van der Waals surface area (Å²) in [4.78, 5) is 12.1. The van der Waals surface area contributed by atoms with Crippen LogP contribution < -0.4 is 4.74 Å². The molecule has 2 aromatic carbocycles. The van der Waals surface area contributed by atoms with Crippen molar-refractivity contribution in [3.63, 3.8) is 0 Å². The molecule has 4 nitrogen and oxygen atoms in total. The zero-order valence-electron chi connectivity index (χ0n) is 11.9. The number of aryl methyl sites for hydroxylation is 1. The molecule has 0 aliphatic carbocycles. The standard InChI is InChI=1S/C18H12N2O2/c1-13-4-2-6-16(8-13)18(21)22-17-7-3-5-14(10-17)9-15(11-19)12-20/h2-10H,1H3. The Morgan fingerprint density at radius 1 is 1.09 bits per heavy atom. The fraction of sp³-hybridized carbons (Fsp3) is 0.0556. The molecule has 0 aliphatic heterocycles. The molecule has 22 heavy (non-hydrogen) atoms. The number of hydrogen-bond donors (Lipinski definition) is 0. The van der Waals surface area contributed by atoms with Crippen LogP contribution in [0.15, 0.2) is 54.1 Å². The molecule has 2 rings (SSSR count). The zero-order valence-corrected chi connectivity index (χ0v) is 11.9. The van der Waals surface area contributed by atoms with Crippen LogP contribution in [0.3, 0.4) is 0 Å². The maximum Gasteiger partial charge on any atom is 0.343 e. The van der Waals surface area contributed by atoms with Crippen LogP contribution in [0.5, 0.6) is 5.75 Å². The van der Waals surface area contributed by atoms with Crippen molar-refractivity contribution >= 4 is 12.0 Å². The van der Waals surface area contributed by atoms with Crippen molar-refractivity contribution in [1.29, 1.82) is 10.5 Å². The van der Waals surface area contributed by atoms with E-state index in [2.05, 4.69) is 0 Å². The van der Waals surface area contributed by atoms with Crippen LogP contribution >= 0.6 is 0 Å². The van der Waals surface area contributed by atoms with Crippen molar-refractivity contribution in [2.45, 2.75) is 6.92 Å². The molecular weight excluding hydrogens is 276 g/mol. The fourth-order valence-corrected chi connectivity index (χ4v) is 1.86. The molecule has 0 saturated carbocycles. The Morgan fingerprint density at radius 2 is 1.82 bits per heavy atom. The minimum absolute atomic E-state index is 0.0119. The highest BCUT2D eigenvalue weighted by atomic mass is 16.5. The van der Waals surface area contributed by atoms with Crippen molar-refractivity contribution in [2.75, 3.05) is 0 Å². The first-order valence-electron chi connectivity index (χ1n) is 6.53. The molecule has 4 heteroatoms. The van der Waals surface area contributed by atoms with E-state index in [-0.39, 0.29) is 5.57 Å². The lowest BCUT2D eigenvalue weighted by atomic mass is 10.1. The molecule has 0 atom stereocenters. The lowest BCUT2D eigenvalue weighted by molar-refractivity contribution is 0.0734. The van der Waals surface area contributed by atoms with Gasteiger partial charge in [0.1, 0.15) is 23.5 Å². The second-order valence-corrected chi connectivity index (χ2v) is 4.61. The second kappa shape index (κ2) is 6.88. The number of ether oxygens (including phenoxy) is 1. The quantitative estimate of drug-likeness (QED) is 0.491. The summed E-state index contributed by atoms with van der Waals surface area (Å²) >= 11 is 0. The summed E-state index contributed by atoms with van der Waals surface area (Å²) in [5.74, 6) is -0.0962. The van der Waals surface area contributed by atoms with Gasteiger partial charge in [-0.25, -0.2) is 4.79 Å². The molecule has 0 bridgehead atoms. The first-order valence-corrected chi connectivity index (χ1v) is 6.53. The zero-order chi connectivity index (χ0) is 15.9. The van der Waals surface area contributed by atoms with Crippen LogP contribution in [0.2, 0.25) is 0 Å². The molecule has 0 spiro atoms. The van der Waals surface area contributed by atoms with E-state index in [4.69, 9.17) is 15.3 Å². The molecule has 0 N–H and O–H groups in total. The van der Waals surface area contributed by atoms with Crippen LogP contribution in [-0.4, -0.2) is 5.97 Å². The number of rotatable bonds is 3. The fourth-order valence-electron chi connectivity index (χ4n) is 1.86. The number of benzene rings is 2. The first-order chi connectivity index (χ1) is 10.6. The summed E-state index contributed by atoms with van der Waals surface area (Å²) < 4.78 is 5.31. The summed E-state index contributed by atoms with van der Waals surface area (Å²) in [5, 5.41) is 17.5. The summed E-state index contributed by atoms with van der Waals surface area (Å²) in [6.07, 6.45) is 1.43. The molecule has 0 aromatic heterocycles. The molecule has 2 aromatic rings. The number of nitrogens with zero attached hydrogens (tertiary/aromatic N) is 2. The van der Waals surface area contributed by atoms with Gasteiger partial charge >= 0.3 is 5.97 Å². The SMILES string of the molecule is Cc1cccc(C(=O)Oc2cccc(C=C(C#N)C#N)c2)c1. The van der Waals surface area contributed by atoms with Gasteiger partial charge in [-0.1, -0.05) is 29.8 Å². The summed E-state index contributed by atoms with van der Waals surface area (Å²) in [5.41, 5.74) is 2.05. The van der Waals surface area contributed by atoms with E-state index < -0.39 is 5.97 Å². The van der Waals surface area contributed by atoms with E-state index in [1.165, 1.54) is 6.08 Å². The van der Waals surface area contributed by atoms with Gasteiger partial charge in [0.15, 0.2) is 0 Å². The van der Waals surface area contributed by atoms with Gasteiger partial charge in [0, 0.05) is 0 Å². The van der Waals surface area contributed by atoms with Gasteiger partial charge in [0.05, 0.1) is 5.56 Å². The molecule has 0 unspecified atom stereocenters. The number of esters is 1. The third-order valence-electron chi connectivity index (χ3n) is 2.87. The molecule has 0 amide bonds. The van der Waals surface area contributed by atoms with E-state index in [9.17, 15) is 4.79 Å². The lowest BCUT2D eigenvalue weighted by Gasteiger charge is -2.05. The van der Waals surface area contributed by atoms with Crippen LogP contribution in [0.4, 0.5) is 0 Å². The third kappa shape index (κ3) is 3.82. The Bertz CT molecular complexity index is 807. The topological polar surface area (TPSA) is 73.9 Å². The Labute approximate surface area is 128 Å². The highest BCUT2D eigenvalue weighted by Crippen LogP contribution is 2.17. The Balaban J connectivity index is 2.21. The van der Waals surface area contributed by atoms with Crippen molar-refractivity contribution in [3.05, 3.63) is 70.8 Å². The monoisotopic (exact) mass is 288 g/mol. The largest absolute Gasteiger partial charge is 0.423 e. The number of allylic oxidation sites excluding steroid dienone is 1. The smallest absolute Gasteiger partial charge is 0.343 e. The normalized spacial score (nSPS) is 9.23. The van der Waals surface area contributed by atoms with Crippen LogP contribution in [0.1, 0.15) is 21.5 Å². The van der Waals surface area contributed by atoms with Crippen molar-refractivity contribution < 1.29 is 9.53 Å². The summed E-state index contributed by atoms with van der Waals surface area (Å²) in [7, 11) is 0. The van der Waals surface area contributed by atoms with Gasteiger partial charge in [0.25, 0.3) is 0 Å². The van der Waals surface area contributed by atoms with Gasteiger partial charge in [-0.3, -0.25) is 0 Å². The van der Waals surface area contributed by atoms with Gasteiger partial charge in [0.2, 0.25) is 0 Å². The van der Waals surface area contributed by atoms with E-state index >= 15 is 0 Å². The average Bonchev–Trinajstić information content (AvgIpc) is 2.53. The minimum atomic E-state index is -0.453. The summed E-state index contributed by atoms with van der Waals surface area (Å²) in [6, 6.07) is 17.3. The number of carbonyl (C=O) groups is 1. The maximum atomic E-state index is 12.1. The van der Waals surface area contributed by atoms with E-state index in [1.807, 2.05) is 13.0 Å². The minimum Gasteiger partial charge on any atom is -0.423 e.